The second kappa shape index (κ2) is 10.0. The molecule has 0 atom stereocenters. The largest absolute Gasteiger partial charge is 0.494 e. The Morgan fingerprint density at radius 3 is 2.62 bits per heavy atom. The summed E-state index contributed by atoms with van der Waals surface area (Å²) in [5.41, 5.74) is 1.32. The highest BCUT2D eigenvalue weighted by atomic mass is 35.5. The lowest BCUT2D eigenvalue weighted by atomic mass is 9.93. The van der Waals surface area contributed by atoms with Gasteiger partial charge >= 0.3 is 0 Å². The lowest BCUT2D eigenvalue weighted by molar-refractivity contribution is 0.170. The van der Waals surface area contributed by atoms with Gasteiger partial charge < -0.3 is 10.1 Å². The van der Waals surface area contributed by atoms with Gasteiger partial charge in [-0.1, -0.05) is 18.2 Å². The van der Waals surface area contributed by atoms with Crippen LogP contribution in [0.1, 0.15) is 31.7 Å². The Hall–Kier alpha value is -0.770. The molecule has 1 aromatic rings. The molecule has 0 saturated carbocycles. The van der Waals surface area contributed by atoms with Crippen LogP contribution in [0, 0.1) is 5.92 Å². The van der Waals surface area contributed by atoms with Crippen LogP contribution in [0.2, 0.25) is 0 Å². The van der Waals surface area contributed by atoms with Crippen molar-refractivity contribution >= 4 is 12.4 Å². The minimum absolute atomic E-state index is 0. The Balaban J connectivity index is 0.00000220. The molecule has 2 rings (SSSR count). The van der Waals surface area contributed by atoms with E-state index in [2.05, 4.69) is 34.5 Å². The summed E-state index contributed by atoms with van der Waals surface area (Å²) in [7, 11) is 2.04. The highest BCUT2D eigenvalue weighted by Crippen LogP contribution is 2.24. The summed E-state index contributed by atoms with van der Waals surface area (Å²) in [6.07, 6.45) is 3.98. The van der Waals surface area contributed by atoms with E-state index in [1.165, 1.54) is 37.9 Å². The SMILES string of the molecule is CCOc1ccccc1CN1CCC(CCNC)CC1.Cl. The summed E-state index contributed by atoms with van der Waals surface area (Å²) >= 11 is 0. The van der Waals surface area contributed by atoms with E-state index in [0.717, 1.165) is 31.4 Å². The molecule has 1 N–H and O–H groups in total. The molecule has 1 aliphatic heterocycles. The Morgan fingerprint density at radius 1 is 1.24 bits per heavy atom. The zero-order valence-electron chi connectivity index (χ0n) is 13.3. The Kier molecular flexibility index (Phi) is 8.74. The van der Waals surface area contributed by atoms with Crippen molar-refractivity contribution in [2.24, 2.45) is 5.92 Å². The van der Waals surface area contributed by atoms with Crippen molar-refractivity contribution in [3.8, 4) is 5.75 Å². The number of piperidine rings is 1. The third-order valence-corrected chi connectivity index (χ3v) is 4.18. The monoisotopic (exact) mass is 312 g/mol. The lowest BCUT2D eigenvalue weighted by Crippen LogP contribution is -2.34. The van der Waals surface area contributed by atoms with E-state index in [4.69, 9.17) is 4.74 Å². The Morgan fingerprint density at radius 2 is 1.95 bits per heavy atom. The average molecular weight is 313 g/mol. The van der Waals surface area contributed by atoms with Crippen molar-refractivity contribution in [3.63, 3.8) is 0 Å². The molecule has 0 unspecified atom stereocenters. The number of ether oxygens (including phenoxy) is 1. The number of likely N-dealkylation sites (tertiary alicyclic amines) is 1. The van der Waals surface area contributed by atoms with E-state index in [1.54, 1.807) is 0 Å². The van der Waals surface area contributed by atoms with Crippen molar-refractivity contribution in [3.05, 3.63) is 29.8 Å². The number of benzene rings is 1. The topological polar surface area (TPSA) is 24.5 Å². The summed E-state index contributed by atoms with van der Waals surface area (Å²) in [4.78, 5) is 2.56. The van der Waals surface area contributed by atoms with E-state index >= 15 is 0 Å². The first-order valence-corrected chi connectivity index (χ1v) is 7.91. The summed E-state index contributed by atoms with van der Waals surface area (Å²) in [6, 6.07) is 8.44. The van der Waals surface area contributed by atoms with E-state index in [1.807, 2.05) is 14.0 Å². The zero-order chi connectivity index (χ0) is 14.2. The minimum Gasteiger partial charge on any atom is -0.494 e. The van der Waals surface area contributed by atoms with Gasteiger partial charge in [0.05, 0.1) is 6.61 Å². The minimum atomic E-state index is 0. The third kappa shape index (κ3) is 5.85. The van der Waals surface area contributed by atoms with Crippen LogP contribution < -0.4 is 10.1 Å². The van der Waals surface area contributed by atoms with Crippen molar-refractivity contribution in [1.82, 2.24) is 10.2 Å². The van der Waals surface area contributed by atoms with Gasteiger partial charge in [-0.05, 0) is 64.9 Å². The van der Waals surface area contributed by atoms with Gasteiger partial charge in [-0.2, -0.15) is 0 Å². The Labute approximate surface area is 135 Å². The van der Waals surface area contributed by atoms with Crippen LogP contribution >= 0.6 is 12.4 Å². The van der Waals surface area contributed by atoms with Crippen molar-refractivity contribution in [2.45, 2.75) is 32.7 Å². The maximum absolute atomic E-state index is 5.72. The molecule has 21 heavy (non-hydrogen) atoms. The van der Waals surface area contributed by atoms with Crippen LogP contribution in [-0.4, -0.2) is 38.2 Å². The molecular formula is C17H29ClN2O. The van der Waals surface area contributed by atoms with E-state index in [-0.39, 0.29) is 12.4 Å². The van der Waals surface area contributed by atoms with Gasteiger partial charge in [0.1, 0.15) is 5.75 Å². The molecule has 0 amide bonds. The number of hydrogen-bond donors (Lipinski definition) is 1. The van der Waals surface area contributed by atoms with Gasteiger partial charge in [0.2, 0.25) is 0 Å². The third-order valence-electron chi connectivity index (χ3n) is 4.18. The maximum atomic E-state index is 5.72. The highest BCUT2D eigenvalue weighted by Gasteiger charge is 2.19. The normalized spacial score (nSPS) is 16.5. The Bertz CT molecular complexity index is 392. The van der Waals surface area contributed by atoms with Gasteiger partial charge in [-0.25, -0.2) is 0 Å². The molecule has 0 bridgehead atoms. The predicted molar refractivity (Wildman–Crippen MR) is 91.4 cm³/mol. The highest BCUT2D eigenvalue weighted by molar-refractivity contribution is 5.85. The molecule has 1 aromatic carbocycles. The number of hydrogen-bond acceptors (Lipinski definition) is 3. The van der Waals surface area contributed by atoms with Crippen LogP contribution in [0.15, 0.2) is 24.3 Å². The summed E-state index contributed by atoms with van der Waals surface area (Å²) < 4.78 is 5.72. The lowest BCUT2D eigenvalue weighted by Gasteiger charge is -2.32. The van der Waals surface area contributed by atoms with Gasteiger partial charge in [-0.15, -0.1) is 12.4 Å². The first kappa shape index (κ1) is 18.3. The standard InChI is InChI=1S/C17H28N2O.ClH/c1-3-20-17-7-5-4-6-16(17)14-19-12-9-15(10-13-19)8-11-18-2;/h4-7,15,18H,3,8-14H2,1-2H3;1H. The maximum Gasteiger partial charge on any atom is 0.123 e. The molecule has 120 valence electrons. The van der Waals surface area contributed by atoms with E-state index in [0.29, 0.717) is 0 Å². The van der Waals surface area contributed by atoms with Crippen LogP contribution in [-0.2, 0) is 6.54 Å². The summed E-state index contributed by atoms with van der Waals surface area (Å²) in [6.45, 7) is 7.39. The molecule has 3 nitrogen and oxygen atoms in total. The number of para-hydroxylation sites is 1. The van der Waals surface area contributed by atoms with Crippen LogP contribution in [0.4, 0.5) is 0 Å². The summed E-state index contributed by atoms with van der Waals surface area (Å²) in [5.74, 6) is 1.95. The molecule has 4 heteroatoms. The molecule has 0 spiro atoms. The van der Waals surface area contributed by atoms with E-state index in [9.17, 15) is 0 Å². The summed E-state index contributed by atoms with van der Waals surface area (Å²) in [5, 5.41) is 3.26. The fourth-order valence-electron chi connectivity index (χ4n) is 2.95. The second-order valence-electron chi connectivity index (χ2n) is 5.65. The quantitative estimate of drug-likeness (QED) is 0.836. The number of rotatable bonds is 7. The van der Waals surface area contributed by atoms with Gasteiger partial charge in [0.25, 0.3) is 0 Å². The molecule has 1 heterocycles. The smallest absolute Gasteiger partial charge is 0.123 e. The molecule has 0 aromatic heterocycles. The first-order valence-electron chi connectivity index (χ1n) is 7.91. The molecule has 1 fully saturated rings. The predicted octanol–water partition coefficient (Wildman–Crippen LogP) is 3.33. The van der Waals surface area contributed by atoms with Crippen LogP contribution in [0.5, 0.6) is 5.75 Å². The van der Waals surface area contributed by atoms with Crippen molar-refractivity contribution < 1.29 is 4.74 Å². The van der Waals surface area contributed by atoms with Crippen LogP contribution in [0.3, 0.4) is 0 Å². The van der Waals surface area contributed by atoms with E-state index < -0.39 is 0 Å². The number of nitrogens with zero attached hydrogens (tertiary/aromatic N) is 1. The van der Waals surface area contributed by atoms with Crippen LogP contribution in [0.25, 0.3) is 0 Å². The van der Waals surface area contributed by atoms with Gasteiger partial charge in [0, 0.05) is 12.1 Å². The number of halogens is 1. The van der Waals surface area contributed by atoms with Crippen molar-refractivity contribution in [1.29, 1.82) is 0 Å². The van der Waals surface area contributed by atoms with Gasteiger partial charge in [-0.3, -0.25) is 4.90 Å². The average Bonchev–Trinajstić information content (AvgIpc) is 2.49. The molecule has 0 aliphatic carbocycles. The zero-order valence-corrected chi connectivity index (χ0v) is 14.1. The molecule has 1 saturated heterocycles. The number of nitrogens with one attached hydrogen (secondary N) is 1. The fourth-order valence-corrected chi connectivity index (χ4v) is 2.95. The van der Waals surface area contributed by atoms with Crippen molar-refractivity contribution in [2.75, 3.05) is 33.3 Å². The molecule has 0 radical (unpaired) electrons. The second-order valence-corrected chi connectivity index (χ2v) is 5.65. The first-order chi connectivity index (χ1) is 9.83. The molecular weight excluding hydrogens is 284 g/mol. The molecule has 1 aliphatic rings. The van der Waals surface area contributed by atoms with Gasteiger partial charge in [0.15, 0.2) is 0 Å². The fraction of sp³-hybridized carbons (Fsp3) is 0.647.